The van der Waals surface area contributed by atoms with E-state index in [1.165, 1.54) is 24.1 Å². The lowest BCUT2D eigenvalue weighted by Crippen LogP contribution is -2.27. The Morgan fingerprint density at radius 3 is 2.61 bits per heavy atom. The van der Waals surface area contributed by atoms with Crippen LogP contribution in [-0.4, -0.2) is 45.3 Å². The number of rotatable bonds is 8. The van der Waals surface area contributed by atoms with Gasteiger partial charge in [-0.05, 0) is 41.8 Å². The van der Waals surface area contributed by atoms with Gasteiger partial charge in [-0.15, -0.1) is 14.8 Å². The summed E-state index contributed by atoms with van der Waals surface area (Å²) >= 11 is 0. The Balaban J connectivity index is 1.82. The van der Waals surface area contributed by atoms with Gasteiger partial charge in [0, 0.05) is 35.0 Å². The molecule has 2 heterocycles. The molecule has 0 bridgehead atoms. The van der Waals surface area contributed by atoms with Crippen LogP contribution < -0.4 is 21.1 Å². The highest BCUT2D eigenvalue weighted by Gasteiger charge is 2.23. The van der Waals surface area contributed by atoms with E-state index in [9.17, 15) is 9.59 Å². The highest BCUT2D eigenvalue weighted by Crippen LogP contribution is 2.41. The van der Waals surface area contributed by atoms with E-state index in [0.717, 1.165) is 5.56 Å². The van der Waals surface area contributed by atoms with E-state index < -0.39 is 0 Å². The summed E-state index contributed by atoms with van der Waals surface area (Å²) < 4.78 is 7.04. The molecule has 10 heteroatoms. The third kappa shape index (κ3) is 4.88. The normalized spacial score (nSPS) is 10.9. The van der Waals surface area contributed by atoms with E-state index in [0.29, 0.717) is 51.8 Å². The molecule has 0 aliphatic carbocycles. The fraction of sp³-hybridized carbons (Fsp3) is 0.192. The molecule has 4 rings (SSSR count). The van der Waals surface area contributed by atoms with Crippen molar-refractivity contribution in [1.29, 1.82) is 0 Å². The number of hydrogen-bond acceptors (Lipinski definition) is 7. The molecule has 0 aliphatic rings. The van der Waals surface area contributed by atoms with Crippen LogP contribution in [0.2, 0.25) is 0 Å². The molecule has 0 saturated carbocycles. The van der Waals surface area contributed by atoms with Crippen molar-refractivity contribution in [3.63, 3.8) is 0 Å². The molecule has 0 spiro atoms. The smallest absolute Gasteiger partial charge is 0.251 e. The zero-order valence-corrected chi connectivity index (χ0v) is 20.3. The van der Waals surface area contributed by atoms with E-state index in [-0.39, 0.29) is 17.6 Å². The van der Waals surface area contributed by atoms with Crippen LogP contribution in [0.4, 0.5) is 11.5 Å². The summed E-state index contributed by atoms with van der Waals surface area (Å²) in [4.78, 5) is 28.4. The molecule has 10 nitrogen and oxygen atoms in total. The molecule has 0 aliphatic heterocycles. The van der Waals surface area contributed by atoms with Gasteiger partial charge in [-0.25, -0.2) is 4.98 Å². The van der Waals surface area contributed by atoms with Gasteiger partial charge < -0.3 is 21.1 Å². The van der Waals surface area contributed by atoms with Crippen LogP contribution >= 0.6 is 0 Å². The summed E-state index contributed by atoms with van der Waals surface area (Å²) in [5.41, 5.74) is 10.5. The fourth-order valence-electron chi connectivity index (χ4n) is 3.73. The van der Waals surface area contributed by atoms with Gasteiger partial charge in [0.2, 0.25) is 5.91 Å². The summed E-state index contributed by atoms with van der Waals surface area (Å²) in [6.07, 6.45) is 2.52. The van der Waals surface area contributed by atoms with Gasteiger partial charge in [-0.2, -0.15) is 0 Å². The predicted octanol–water partition coefficient (Wildman–Crippen LogP) is 3.56. The second kappa shape index (κ2) is 10.3. The number of benzene rings is 2. The van der Waals surface area contributed by atoms with Crippen LogP contribution in [0.5, 0.6) is 5.75 Å². The van der Waals surface area contributed by atoms with E-state index >= 15 is 0 Å². The Bertz CT molecular complexity index is 1440. The number of carbonyl (C=O) groups excluding carboxylic acids is 2. The predicted molar refractivity (Wildman–Crippen MR) is 139 cm³/mol. The number of methoxy groups -OCH3 is 1. The number of carbonyl (C=O) groups is 2. The highest BCUT2D eigenvalue weighted by molar-refractivity contribution is 6.01. The number of aromatic nitrogens is 4. The second-order valence-corrected chi connectivity index (χ2v) is 8.50. The van der Waals surface area contributed by atoms with Crippen LogP contribution in [0.1, 0.15) is 24.2 Å². The summed E-state index contributed by atoms with van der Waals surface area (Å²) in [5, 5.41) is 14.5. The van der Waals surface area contributed by atoms with E-state index in [1.807, 2.05) is 26.0 Å². The Kier molecular flexibility index (Phi) is 6.95. The number of anilines is 2. The maximum Gasteiger partial charge on any atom is 0.251 e. The number of nitrogens with zero attached hydrogens (tertiary/aromatic N) is 4. The average molecular weight is 486 g/mol. The molecule has 0 fully saturated rings. The molecule has 2 aromatic heterocycles. The summed E-state index contributed by atoms with van der Waals surface area (Å²) in [5.74, 6) is 0.615. The van der Waals surface area contributed by atoms with Crippen molar-refractivity contribution in [2.75, 3.05) is 24.7 Å². The Hall–Kier alpha value is -4.73. The van der Waals surface area contributed by atoms with Crippen molar-refractivity contribution in [2.24, 2.45) is 5.92 Å². The summed E-state index contributed by atoms with van der Waals surface area (Å²) in [6, 6.07) is 12.4. The van der Waals surface area contributed by atoms with E-state index in [2.05, 4.69) is 32.4 Å². The molecule has 4 N–H and O–H groups in total. The van der Waals surface area contributed by atoms with E-state index in [1.54, 1.807) is 30.3 Å². The standard InChI is InChI=1S/C26H27N7O3/c1-5-21(34)31-18-10-11-19(20(12-18)36-4)23-22(24-25(27)29-14-30-33(24)32-23)16-6-8-17(9-7-16)26(35)28-13-15(2)3/h5-12,14-15H,1,13H2,2-4H3,(H,28,35)(H,31,34)(H2,27,29,30). The number of ether oxygens (including phenoxy) is 1. The third-order valence-electron chi connectivity index (χ3n) is 5.48. The minimum absolute atomic E-state index is 0.142. The van der Waals surface area contributed by atoms with Crippen LogP contribution in [-0.2, 0) is 4.79 Å². The molecule has 184 valence electrons. The third-order valence-corrected chi connectivity index (χ3v) is 5.48. The first-order chi connectivity index (χ1) is 17.3. The number of nitrogen functional groups attached to an aromatic ring is 1. The quantitative estimate of drug-likeness (QED) is 0.325. The van der Waals surface area contributed by atoms with Gasteiger partial charge in [0.25, 0.3) is 5.91 Å². The molecule has 2 amide bonds. The number of nitrogens with two attached hydrogens (primary N) is 1. The number of amides is 2. The molecule has 36 heavy (non-hydrogen) atoms. The molecular weight excluding hydrogens is 458 g/mol. The topological polar surface area (TPSA) is 137 Å². The monoisotopic (exact) mass is 485 g/mol. The molecule has 0 saturated heterocycles. The van der Waals surface area contributed by atoms with Crippen molar-refractivity contribution >= 4 is 28.8 Å². The first-order valence-corrected chi connectivity index (χ1v) is 11.3. The zero-order valence-electron chi connectivity index (χ0n) is 20.3. The maximum atomic E-state index is 12.5. The van der Waals surface area contributed by atoms with Crippen molar-refractivity contribution in [3.8, 4) is 28.1 Å². The van der Waals surface area contributed by atoms with Crippen molar-refractivity contribution in [1.82, 2.24) is 25.1 Å². The average Bonchev–Trinajstić information content (AvgIpc) is 3.27. The van der Waals surface area contributed by atoms with Crippen LogP contribution in [0.15, 0.2) is 61.4 Å². The van der Waals surface area contributed by atoms with Crippen molar-refractivity contribution in [2.45, 2.75) is 13.8 Å². The van der Waals surface area contributed by atoms with Gasteiger partial charge in [0.15, 0.2) is 5.82 Å². The molecule has 0 radical (unpaired) electrons. The SMILES string of the molecule is C=CC(=O)Nc1ccc(-c2nn3ncnc(N)c3c2-c2ccc(C(=O)NCC(C)C)cc2)c(OC)c1. The van der Waals surface area contributed by atoms with Crippen LogP contribution in [0.3, 0.4) is 0 Å². The Morgan fingerprint density at radius 2 is 1.94 bits per heavy atom. The van der Waals surface area contributed by atoms with Crippen LogP contribution in [0, 0.1) is 5.92 Å². The minimum Gasteiger partial charge on any atom is -0.496 e. The highest BCUT2D eigenvalue weighted by atomic mass is 16.5. The first kappa shape index (κ1) is 24.4. The van der Waals surface area contributed by atoms with Crippen LogP contribution in [0.25, 0.3) is 27.9 Å². The Morgan fingerprint density at radius 1 is 1.19 bits per heavy atom. The molecular formula is C26H27N7O3. The van der Waals surface area contributed by atoms with Gasteiger partial charge in [-0.3, -0.25) is 9.59 Å². The molecule has 0 atom stereocenters. The Labute approximate surface area is 208 Å². The minimum atomic E-state index is -0.334. The first-order valence-electron chi connectivity index (χ1n) is 11.3. The van der Waals surface area contributed by atoms with E-state index in [4.69, 9.17) is 10.5 Å². The molecule has 2 aromatic carbocycles. The zero-order chi connectivity index (χ0) is 25.8. The lowest BCUT2D eigenvalue weighted by molar-refractivity contribution is -0.111. The molecule has 4 aromatic rings. The lowest BCUT2D eigenvalue weighted by Gasteiger charge is -2.12. The van der Waals surface area contributed by atoms with Gasteiger partial charge in [0.1, 0.15) is 23.3 Å². The van der Waals surface area contributed by atoms with Gasteiger partial charge in [-0.1, -0.05) is 32.6 Å². The van der Waals surface area contributed by atoms with Crippen molar-refractivity contribution in [3.05, 3.63) is 67.0 Å². The molecule has 0 unspecified atom stereocenters. The number of nitrogens with one attached hydrogen (secondary N) is 2. The van der Waals surface area contributed by atoms with Crippen molar-refractivity contribution < 1.29 is 14.3 Å². The second-order valence-electron chi connectivity index (χ2n) is 8.50. The van der Waals surface area contributed by atoms with Gasteiger partial charge in [0.05, 0.1) is 7.11 Å². The number of hydrogen-bond donors (Lipinski definition) is 3. The largest absolute Gasteiger partial charge is 0.496 e. The maximum absolute atomic E-state index is 12.5. The number of fused-ring (bicyclic) bond motifs is 1. The fourth-order valence-corrected chi connectivity index (χ4v) is 3.73. The van der Waals surface area contributed by atoms with Gasteiger partial charge >= 0.3 is 0 Å². The summed E-state index contributed by atoms with van der Waals surface area (Å²) in [7, 11) is 1.53. The summed E-state index contributed by atoms with van der Waals surface area (Å²) in [6.45, 7) is 8.14. The lowest BCUT2D eigenvalue weighted by atomic mass is 9.98.